The number of ether oxygens (including phenoxy) is 1. The zero-order valence-electron chi connectivity index (χ0n) is 8.05. The molecule has 6 heteroatoms. The summed E-state index contributed by atoms with van der Waals surface area (Å²) in [5.74, 6) is 0.405. The van der Waals surface area contributed by atoms with Crippen molar-refractivity contribution in [2.75, 3.05) is 25.2 Å². The van der Waals surface area contributed by atoms with E-state index in [-0.39, 0.29) is 6.61 Å². The van der Waals surface area contributed by atoms with Crippen LogP contribution in [0, 0.1) is 10.1 Å². The number of aliphatic hydroxyl groups excluding tert-OH is 1. The monoisotopic (exact) mass is 212 g/mol. The maximum absolute atomic E-state index is 10.1. The van der Waals surface area contributed by atoms with Gasteiger partial charge in [0.05, 0.1) is 17.2 Å². The minimum atomic E-state index is -0.572. The lowest BCUT2D eigenvalue weighted by Gasteiger charge is -2.09. The van der Waals surface area contributed by atoms with Gasteiger partial charge in [-0.05, 0) is 12.1 Å². The molecular weight excluding hydrogens is 200 g/mol. The molecule has 15 heavy (non-hydrogen) atoms. The van der Waals surface area contributed by atoms with E-state index in [0.29, 0.717) is 18.0 Å². The lowest BCUT2D eigenvalue weighted by Crippen LogP contribution is -2.11. The Balaban J connectivity index is 2.63. The van der Waals surface area contributed by atoms with Crippen molar-refractivity contribution in [2.45, 2.75) is 0 Å². The molecule has 0 fully saturated rings. The highest BCUT2D eigenvalue weighted by Crippen LogP contribution is 2.23. The molecule has 1 aromatic carbocycles. The van der Waals surface area contributed by atoms with Crippen molar-refractivity contribution in [1.29, 1.82) is 0 Å². The molecule has 0 bridgehead atoms. The van der Waals surface area contributed by atoms with Gasteiger partial charge < -0.3 is 15.2 Å². The molecule has 0 aromatic heterocycles. The fourth-order valence-corrected chi connectivity index (χ4v) is 1.05. The lowest BCUT2D eigenvalue weighted by atomic mass is 10.3. The molecule has 0 saturated heterocycles. The van der Waals surface area contributed by atoms with Crippen molar-refractivity contribution < 1.29 is 14.8 Å². The molecule has 0 heterocycles. The standard InChI is InChI=1S/C9H12N2O4/c12-6-5-10-8-3-1-2-4-9(8)15-7-11(13)14/h1-4,10,12H,5-7H2. The maximum atomic E-state index is 10.1. The van der Waals surface area contributed by atoms with Gasteiger partial charge in [0.1, 0.15) is 5.75 Å². The van der Waals surface area contributed by atoms with Crippen molar-refractivity contribution in [3.05, 3.63) is 34.4 Å². The average molecular weight is 212 g/mol. The summed E-state index contributed by atoms with van der Waals surface area (Å²) in [5, 5.41) is 21.6. The number of hydrogen-bond acceptors (Lipinski definition) is 5. The summed E-state index contributed by atoms with van der Waals surface area (Å²) in [6.45, 7) is -0.208. The van der Waals surface area contributed by atoms with Crippen molar-refractivity contribution in [1.82, 2.24) is 0 Å². The van der Waals surface area contributed by atoms with Gasteiger partial charge in [-0.2, -0.15) is 0 Å². The highest BCUT2D eigenvalue weighted by Gasteiger charge is 2.04. The van der Waals surface area contributed by atoms with E-state index in [1.54, 1.807) is 24.3 Å². The van der Waals surface area contributed by atoms with Crippen molar-refractivity contribution >= 4 is 5.69 Å². The lowest BCUT2D eigenvalue weighted by molar-refractivity contribution is -0.514. The third kappa shape index (κ3) is 3.82. The van der Waals surface area contributed by atoms with Gasteiger partial charge >= 0.3 is 6.73 Å². The molecule has 6 nitrogen and oxygen atoms in total. The van der Waals surface area contributed by atoms with Gasteiger partial charge in [-0.1, -0.05) is 12.1 Å². The molecule has 0 aliphatic rings. The fraction of sp³-hybridized carbons (Fsp3) is 0.333. The van der Waals surface area contributed by atoms with E-state index in [1.165, 1.54) is 0 Å². The van der Waals surface area contributed by atoms with E-state index in [0.717, 1.165) is 0 Å². The van der Waals surface area contributed by atoms with Gasteiger partial charge in [-0.15, -0.1) is 0 Å². The van der Waals surface area contributed by atoms with E-state index < -0.39 is 11.7 Å². The number of hydrogen-bond donors (Lipinski definition) is 2. The van der Waals surface area contributed by atoms with Gasteiger partial charge in [-0.3, -0.25) is 10.1 Å². The van der Waals surface area contributed by atoms with Gasteiger partial charge in [0.25, 0.3) is 0 Å². The number of anilines is 1. The van der Waals surface area contributed by atoms with Crippen molar-refractivity contribution in [2.24, 2.45) is 0 Å². The van der Waals surface area contributed by atoms with Crippen molar-refractivity contribution in [3.63, 3.8) is 0 Å². The summed E-state index contributed by atoms with van der Waals surface area (Å²) < 4.78 is 4.95. The van der Waals surface area contributed by atoms with Gasteiger partial charge in [-0.25, -0.2) is 0 Å². The molecule has 0 spiro atoms. The summed E-state index contributed by atoms with van der Waals surface area (Å²) >= 11 is 0. The second-order valence-electron chi connectivity index (χ2n) is 2.75. The van der Waals surface area contributed by atoms with Crippen LogP contribution >= 0.6 is 0 Å². The number of benzene rings is 1. The number of nitrogens with one attached hydrogen (secondary N) is 1. The van der Waals surface area contributed by atoms with Crippen LogP contribution in [0.2, 0.25) is 0 Å². The Hall–Kier alpha value is -1.82. The number of aliphatic hydroxyl groups is 1. The molecule has 82 valence electrons. The van der Waals surface area contributed by atoms with E-state index in [1.807, 2.05) is 0 Å². The Morgan fingerprint density at radius 1 is 1.47 bits per heavy atom. The van der Waals surface area contributed by atoms with Crippen LogP contribution in [0.15, 0.2) is 24.3 Å². The zero-order chi connectivity index (χ0) is 11.1. The van der Waals surface area contributed by atoms with E-state index in [9.17, 15) is 10.1 Å². The predicted octanol–water partition coefficient (Wildman–Crippen LogP) is 0.704. The van der Waals surface area contributed by atoms with Crippen molar-refractivity contribution in [3.8, 4) is 5.75 Å². The SMILES string of the molecule is O=[N+]([O-])COc1ccccc1NCCO. The molecule has 0 amide bonds. The van der Waals surface area contributed by atoms with Crippen LogP contribution < -0.4 is 10.1 Å². The van der Waals surface area contributed by atoms with E-state index >= 15 is 0 Å². The smallest absolute Gasteiger partial charge is 0.344 e. The molecule has 0 aliphatic heterocycles. The largest absolute Gasteiger partial charge is 0.430 e. The Morgan fingerprint density at radius 2 is 2.20 bits per heavy atom. The minimum absolute atomic E-state index is 0.0103. The number of nitro groups is 1. The van der Waals surface area contributed by atoms with E-state index in [4.69, 9.17) is 9.84 Å². The first-order chi connectivity index (χ1) is 7.24. The van der Waals surface area contributed by atoms with Crippen LogP contribution in [0.3, 0.4) is 0 Å². The molecule has 2 N–H and O–H groups in total. The second-order valence-corrected chi connectivity index (χ2v) is 2.75. The predicted molar refractivity (Wildman–Crippen MR) is 54.5 cm³/mol. The first kappa shape index (κ1) is 11.3. The molecule has 0 atom stereocenters. The van der Waals surface area contributed by atoms with Crippen LogP contribution in [0.25, 0.3) is 0 Å². The molecule has 0 saturated carbocycles. The first-order valence-corrected chi connectivity index (χ1v) is 4.42. The second kappa shape index (κ2) is 5.82. The molecule has 0 aliphatic carbocycles. The topological polar surface area (TPSA) is 84.6 Å². The highest BCUT2D eigenvalue weighted by atomic mass is 16.7. The Kier molecular flexibility index (Phi) is 4.36. The highest BCUT2D eigenvalue weighted by molar-refractivity contribution is 5.56. The van der Waals surface area contributed by atoms with Gasteiger partial charge in [0.15, 0.2) is 0 Å². The third-order valence-corrected chi connectivity index (χ3v) is 1.64. The summed E-state index contributed by atoms with van der Waals surface area (Å²) in [7, 11) is 0. The summed E-state index contributed by atoms with van der Waals surface area (Å²) in [6, 6.07) is 6.85. The van der Waals surface area contributed by atoms with Crippen LogP contribution in [0.5, 0.6) is 5.75 Å². The average Bonchev–Trinajstić information content (AvgIpc) is 2.24. The van der Waals surface area contributed by atoms with Crippen LogP contribution in [0.1, 0.15) is 0 Å². The van der Waals surface area contributed by atoms with Gasteiger partial charge in [0.2, 0.25) is 0 Å². The number of rotatable bonds is 6. The molecular formula is C9H12N2O4. The summed E-state index contributed by atoms with van der Waals surface area (Å²) in [4.78, 5) is 9.57. The molecule has 0 radical (unpaired) electrons. The first-order valence-electron chi connectivity index (χ1n) is 4.42. The van der Waals surface area contributed by atoms with Gasteiger partial charge in [0, 0.05) is 6.54 Å². The fourth-order valence-electron chi connectivity index (χ4n) is 1.05. The minimum Gasteiger partial charge on any atom is -0.430 e. The zero-order valence-corrected chi connectivity index (χ0v) is 8.05. The summed E-state index contributed by atoms with van der Waals surface area (Å²) in [6.07, 6.45) is 0. The van der Waals surface area contributed by atoms with Crippen LogP contribution in [-0.4, -0.2) is 29.9 Å². The Morgan fingerprint density at radius 3 is 2.87 bits per heavy atom. The molecule has 0 unspecified atom stereocenters. The maximum Gasteiger partial charge on any atom is 0.344 e. The third-order valence-electron chi connectivity index (χ3n) is 1.64. The van der Waals surface area contributed by atoms with Crippen LogP contribution in [0.4, 0.5) is 5.69 Å². The Labute approximate surface area is 86.6 Å². The Bertz CT molecular complexity index is 330. The van der Waals surface area contributed by atoms with E-state index in [2.05, 4.69) is 5.32 Å². The quantitative estimate of drug-likeness (QED) is 0.412. The molecule has 1 aromatic rings. The van der Waals surface area contributed by atoms with Crippen LogP contribution in [-0.2, 0) is 0 Å². The summed E-state index contributed by atoms with van der Waals surface area (Å²) in [5.41, 5.74) is 0.633. The number of nitrogens with zero attached hydrogens (tertiary/aromatic N) is 1. The normalized spacial score (nSPS) is 9.67. The molecule has 1 rings (SSSR count). The number of para-hydroxylation sites is 2.